The van der Waals surface area contributed by atoms with Crippen LogP contribution in [0.25, 0.3) is 0 Å². The summed E-state index contributed by atoms with van der Waals surface area (Å²) in [4.78, 5) is 2.36. The summed E-state index contributed by atoms with van der Waals surface area (Å²) >= 11 is 3.38. The first-order valence-electron chi connectivity index (χ1n) is 5.42. The van der Waals surface area contributed by atoms with E-state index in [1.54, 1.807) is 29.7 Å². The lowest BCUT2D eigenvalue weighted by Gasteiger charge is -2.19. The summed E-state index contributed by atoms with van der Waals surface area (Å²) in [7, 11) is 0. The Morgan fingerprint density at radius 1 is 1.18 bits per heavy atom. The Morgan fingerprint density at radius 2 is 1.82 bits per heavy atom. The zero-order valence-corrected chi connectivity index (χ0v) is 12.6. The molecule has 0 amide bonds. The minimum Gasteiger partial charge on any atom is -0.623 e. The van der Waals surface area contributed by atoms with Crippen LogP contribution < -0.4 is 0 Å². The molecule has 0 heterocycles. The quantitative estimate of drug-likeness (QED) is 0.274. The van der Waals surface area contributed by atoms with Crippen LogP contribution in [-0.2, 0) is 0 Å². The monoisotopic (exact) mass is 269 g/mol. The van der Waals surface area contributed by atoms with Crippen molar-refractivity contribution in [3.05, 3.63) is 29.0 Å². The van der Waals surface area contributed by atoms with Crippen molar-refractivity contribution < 1.29 is 4.74 Å². The fraction of sp³-hybridized carbons (Fsp3) is 0.462. The predicted octanol–water partition coefficient (Wildman–Crippen LogP) is 3.86. The highest BCUT2D eigenvalue weighted by Crippen LogP contribution is 2.25. The molecule has 2 nitrogen and oxygen atoms in total. The first-order chi connectivity index (χ1) is 7.88. The lowest BCUT2D eigenvalue weighted by molar-refractivity contribution is -0.530. The topological polar surface area (TPSA) is 26.1 Å². The van der Waals surface area contributed by atoms with E-state index in [2.05, 4.69) is 12.3 Å². The first-order valence-corrected chi connectivity index (χ1v) is 7.87. The van der Waals surface area contributed by atoms with E-state index in [0.717, 1.165) is 15.2 Å². The predicted molar refractivity (Wildman–Crippen MR) is 78.6 cm³/mol. The van der Waals surface area contributed by atoms with Crippen LogP contribution in [0.4, 0.5) is 0 Å². The molecule has 17 heavy (non-hydrogen) atoms. The molecule has 4 heteroatoms. The smallest absolute Gasteiger partial charge is 0.183 e. The van der Waals surface area contributed by atoms with Crippen molar-refractivity contribution in [2.75, 3.05) is 12.5 Å². The highest BCUT2D eigenvalue weighted by molar-refractivity contribution is 7.99. The van der Waals surface area contributed by atoms with E-state index in [-0.39, 0.29) is 0 Å². The van der Waals surface area contributed by atoms with Crippen molar-refractivity contribution in [3.63, 3.8) is 0 Å². The van der Waals surface area contributed by atoms with Gasteiger partial charge in [0, 0.05) is 30.6 Å². The maximum Gasteiger partial charge on any atom is 0.183 e. The average Bonchev–Trinajstić information content (AvgIpc) is 2.28. The normalized spacial score (nSPS) is 12.9. The molecule has 1 rings (SSSR count). The van der Waals surface area contributed by atoms with Crippen LogP contribution in [0.15, 0.2) is 28.0 Å². The molecule has 0 N–H and O–H groups in total. The van der Waals surface area contributed by atoms with E-state index in [1.807, 2.05) is 39.2 Å². The zero-order chi connectivity index (χ0) is 13.1. The summed E-state index contributed by atoms with van der Waals surface area (Å²) in [6.45, 7) is 5.72. The molecular weight excluding hydrogens is 250 g/mol. The molecule has 0 bridgehead atoms. The summed E-state index contributed by atoms with van der Waals surface area (Å²) in [5.41, 5.74) is 0.591. The van der Waals surface area contributed by atoms with Gasteiger partial charge >= 0.3 is 0 Å². The number of thioether (sulfide) groups is 2. The first kappa shape index (κ1) is 14.5. The minimum atomic E-state index is -0.395. The number of hydrogen-bond acceptors (Lipinski definition) is 3. The molecule has 1 aromatic rings. The summed E-state index contributed by atoms with van der Waals surface area (Å²) < 4.78 is 1.01. The van der Waals surface area contributed by atoms with Crippen LogP contribution in [0, 0.1) is 5.21 Å². The molecular formula is C13H19NOS2. The molecule has 0 aliphatic carbocycles. The molecule has 0 aliphatic rings. The molecule has 0 unspecified atom stereocenters. The molecule has 0 fully saturated rings. The molecule has 0 radical (unpaired) electrons. The Bertz CT molecular complexity index is 422. The van der Waals surface area contributed by atoms with E-state index >= 15 is 0 Å². The second-order valence-electron chi connectivity index (χ2n) is 4.73. The number of nitrogens with zero attached hydrogens (tertiary/aromatic N) is 1. The zero-order valence-electron chi connectivity index (χ0n) is 11.0. The number of rotatable bonds is 3. The Kier molecular flexibility index (Phi) is 4.95. The minimum absolute atomic E-state index is 0.395. The average molecular weight is 269 g/mol. The van der Waals surface area contributed by atoms with Crippen molar-refractivity contribution in [2.45, 2.75) is 36.1 Å². The Hall–Kier alpha value is -0.610. The van der Waals surface area contributed by atoms with Crippen LogP contribution in [0.5, 0.6) is 0 Å². The van der Waals surface area contributed by atoms with Crippen molar-refractivity contribution in [2.24, 2.45) is 0 Å². The highest BCUT2D eigenvalue weighted by atomic mass is 32.2. The number of hydrogen-bond donors (Lipinski definition) is 0. The summed E-state index contributed by atoms with van der Waals surface area (Å²) in [5, 5.41) is 11.9. The van der Waals surface area contributed by atoms with Crippen molar-refractivity contribution in [1.29, 1.82) is 0 Å². The van der Waals surface area contributed by atoms with E-state index in [4.69, 9.17) is 0 Å². The van der Waals surface area contributed by atoms with Gasteiger partial charge in [0.05, 0.1) is 5.56 Å². The van der Waals surface area contributed by atoms with E-state index < -0.39 is 5.54 Å². The van der Waals surface area contributed by atoms with Gasteiger partial charge in [-0.25, -0.2) is 4.74 Å². The van der Waals surface area contributed by atoms with Gasteiger partial charge in [-0.1, -0.05) is 0 Å². The van der Waals surface area contributed by atoms with Gasteiger partial charge in [0.1, 0.15) is 0 Å². The van der Waals surface area contributed by atoms with Crippen LogP contribution in [0.2, 0.25) is 0 Å². The molecule has 94 valence electrons. The van der Waals surface area contributed by atoms with Crippen molar-refractivity contribution in [3.8, 4) is 0 Å². The van der Waals surface area contributed by atoms with Crippen LogP contribution in [0.3, 0.4) is 0 Å². The third-order valence-electron chi connectivity index (χ3n) is 2.36. The SMILES string of the molecule is CSc1ccc(/C=[N+](\[O-])C(C)(C)C)c(SC)c1. The maximum absolute atomic E-state index is 11.9. The van der Waals surface area contributed by atoms with Gasteiger partial charge in [-0.3, -0.25) is 0 Å². The number of benzene rings is 1. The molecule has 0 aliphatic heterocycles. The van der Waals surface area contributed by atoms with Gasteiger partial charge in [0.15, 0.2) is 11.8 Å². The lowest BCUT2D eigenvalue weighted by Crippen LogP contribution is -2.29. The van der Waals surface area contributed by atoms with E-state index in [1.165, 1.54) is 4.90 Å². The van der Waals surface area contributed by atoms with Crippen molar-refractivity contribution in [1.82, 2.24) is 0 Å². The molecule has 1 aromatic carbocycles. The molecule has 0 saturated heterocycles. The van der Waals surface area contributed by atoms with Gasteiger partial charge in [-0.15, -0.1) is 23.5 Å². The van der Waals surface area contributed by atoms with Gasteiger partial charge in [-0.05, 0) is 30.7 Å². The fourth-order valence-electron chi connectivity index (χ4n) is 1.25. The van der Waals surface area contributed by atoms with Crippen molar-refractivity contribution >= 4 is 29.7 Å². The fourth-order valence-corrected chi connectivity index (χ4v) is 2.36. The second kappa shape index (κ2) is 5.83. The largest absolute Gasteiger partial charge is 0.623 e. The second-order valence-corrected chi connectivity index (χ2v) is 6.46. The van der Waals surface area contributed by atoms with Crippen LogP contribution >= 0.6 is 23.5 Å². The summed E-state index contributed by atoms with van der Waals surface area (Å²) in [5.74, 6) is 0. The van der Waals surface area contributed by atoms with Gasteiger partial charge in [0.25, 0.3) is 0 Å². The van der Waals surface area contributed by atoms with Gasteiger partial charge in [0.2, 0.25) is 0 Å². The Labute approximate surface area is 112 Å². The van der Waals surface area contributed by atoms with Gasteiger partial charge in [-0.2, -0.15) is 0 Å². The lowest BCUT2D eigenvalue weighted by atomic mass is 10.1. The standard InChI is InChI=1S/C13H19NOS2/c1-13(2,3)14(15)9-10-6-7-11(16-4)8-12(10)17-5/h6-9H,1-5H3/b14-9-. The summed E-state index contributed by atoms with van der Waals surface area (Å²) in [6.07, 6.45) is 5.76. The Morgan fingerprint density at radius 3 is 2.29 bits per heavy atom. The van der Waals surface area contributed by atoms with E-state index in [0.29, 0.717) is 0 Å². The van der Waals surface area contributed by atoms with Crippen LogP contribution in [-0.4, -0.2) is 29.0 Å². The van der Waals surface area contributed by atoms with Crippen LogP contribution in [0.1, 0.15) is 26.3 Å². The molecule has 0 spiro atoms. The molecule has 0 aromatic heterocycles. The third-order valence-corrected chi connectivity index (χ3v) is 3.88. The molecule has 0 atom stereocenters. The maximum atomic E-state index is 11.9. The third kappa shape index (κ3) is 3.96. The Balaban J connectivity index is 3.15. The molecule has 0 saturated carbocycles. The van der Waals surface area contributed by atoms with Gasteiger partial charge < -0.3 is 5.21 Å². The number of hydroxylamine groups is 1. The van der Waals surface area contributed by atoms with E-state index in [9.17, 15) is 5.21 Å². The highest BCUT2D eigenvalue weighted by Gasteiger charge is 2.18. The summed E-state index contributed by atoms with van der Waals surface area (Å²) in [6, 6.07) is 6.18.